The van der Waals surface area contributed by atoms with Crippen LogP contribution in [0.2, 0.25) is 0 Å². The van der Waals surface area contributed by atoms with Crippen molar-refractivity contribution in [2.24, 2.45) is 5.73 Å². The number of ether oxygens (including phenoxy) is 1. The van der Waals surface area contributed by atoms with E-state index in [1.807, 2.05) is 35.0 Å². The molecule has 2 heterocycles. The molecule has 0 radical (unpaired) electrons. The molecule has 2 aromatic heterocycles. The number of rotatable bonds is 3. The molecule has 3 aromatic rings. The lowest BCUT2D eigenvalue weighted by Gasteiger charge is -2.09. The molecule has 2 N–H and O–H groups in total. The maximum absolute atomic E-state index is 5.95. The molecule has 0 aliphatic carbocycles. The summed E-state index contributed by atoms with van der Waals surface area (Å²) >= 11 is 1.57. The van der Waals surface area contributed by atoms with Gasteiger partial charge in [-0.1, -0.05) is 12.1 Å². The van der Waals surface area contributed by atoms with E-state index >= 15 is 0 Å². The Balaban J connectivity index is 2.05. The van der Waals surface area contributed by atoms with E-state index in [2.05, 4.69) is 18.0 Å². The zero-order valence-corrected chi connectivity index (χ0v) is 11.7. The quantitative estimate of drug-likeness (QED) is 0.797. The van der Waals surface area contributed by atoms with E-state index in [1.165, 1.54) is 5.56 Å². The van der Waals surface area contributed by atoms with E-state index < -0.39 is 0 Å². The number of imidazole rings is 1. The normalized spacial score (nSPS) is 11.1. The van der Waals surface area contributed by atoms with Crippen LogP contribution in [0.5, 0.6) is 11.6 Å². The highest BCUT2D eigenvalue weighted by Gasteiger charge is 2.14. The zero-order chi connectivity index (χ0) is 13.4. The summed E-state index contributed by atoms with van der Waals surface area (Å²) < 4.78 is 7.93. The van der Waals surface area contributed by atoms with Gasteiger partial charge < -0.3 is 10.5 Å². The molecule has 0 spiro atoms. The van der Waals surface area contributed by atoms with Crippen LogP contribution in [0.1, 0.15) is 16.8 Å². The number of fused-ring (bicyclic) bond motifs is 1. The molecule has 1 aromatic carbocycles. The zero-order valence-electron chi connectivity index (χ0n) is 10.9. The fourth-order valence-corrected chi connectivity index (χ4v) is 2.74. The first-order valence-electron chi connectivity index (χ1n) is 6.09. The third kappa shape index (κ3) is 2.01. The van der Waals surface area contributed by atoms with Gasteiger partial charge in [0.1, 0.15) is 11.4 Å². The molecular weight excluding hydrogens is 258 g/mol. The summed E-state index contributed by atoms with van der Waals surface area (Å²) in [6.45, 7) is 4.51. The fraction of sp³-hybridized carbons (Fsp3) is 0.214. The van der Waals surface area contributed by atoms with Crippen LogP contribution >= 0.6 is 11.3 Å². The first-order valence-corrected chi connectivity index (χ1v) is 6.97. The first-order chi connectivity index (χ1) is 9.20. The van der Waals surface area contributed by atoms with Crippen molar-refractivity contribution in [1.29, 1.82) is 0 Å². The van der Waals surface area contributed by atoms with Crippen LogP contribution in [0, 0.1) is 13.8 Å². The lowest BCUT2D eigenvalue weighted by molar-refractivity contribution is 0.455. The summed E-state index contributed by atoms with van der Waals surface area (Å²) in [5, 5.41) is 1.99. The maximum atomic E-state index is 5.95. The van der Waals surface area contributed by atoms with Gasteiger partial charge in [0.25, 0.3) is 0 Å². The highest BCUT2D eigenvalue weighted by atomic mass is 32.1. The van der Waals surface area contributed by atoms with Crippen molar-refractivity contribution in [1.82, 2.24) is 9.38 Å². The van der Waals surface area contributed by atoms with Crippen molar-refractivity contribution in [3.63, 3.8) is 0 Å². The van der Waals surface area contributed by atoms with Gasteiger partial charge in [0.2, 0.25) is 5.88 Å². The lowest BCUT2D eigenvalue weighted by Crippen LogP contribution is -2.02. The van der Waals surface area contributed by atoms with Crippen molar-refractivity contribution in [2.75, 3.05) is 0 Å². The Hall–Kier alpha value is -1.85. The van der Waals surface area contributed by atoms with E-state index in [1.54, 1.807) is 11.3 Å². The van der Waals surface area contributed by atoms with Crippen molar-refractivity contribution in [3.8, 4) is 11.6 Å². The van der Waals surface area contributed by atoms with Crippen LogP contribution in [-0.2, 0) is 6.54 Å². The molecule has 0 unspecified atom stereocenters. The molecule has 4 nitrogen and oxygen atoms in total. The average molecular weight is 273 g/mol. The number of nitrogens with two attached hydrogens (primary N) is 1. The predicted octanol–water partition coefficient (Wildman–Crippen LogP) is 3.26. The standard InChI is InChI=1S/C14H15N3OS/c1-9-4-3-5-12(10(9)2)18-13-11(8-15)17-6-7-19-14(17)16-13/h3-7H,8,15H2,1-2H3. The molecule has 5 heteroatoms. The van der Waals surface area contributed by atoms with Crippen LogP contribution in [0.15, 0.2) is 29.8 Å². The van der Waals surface area contributed by atoms with Crippen LogP contribution in [0.4, 0.5) is 0 Å². The Morgan fingerprint density at radius 2 is 2.21 bits per heavy atom. The van der Waals surface area contributed by atoms with Gasteiger partial charge in [-0.3, -0.25) is 4.40 Å². The number of hydrogen-bond donors (Lipinski definition) is 1. The lowest BCUT2D eigenvalue weighted by atomic mass is 10.1. The number of aromatic nitrogens is 2. The third-order valence-electron chi connectivity index (χ3n) is 3.28. The molecule has 3 rings (SSSR count). The Morgan fingerprint density at radius 1 is 1.37 bits per heavy atom. The van der Waals surface area contributed by atoms with Crippen molar-refractivity contribution in [2.45, 2.75) is 20.4 Å². The molecule has 0 amide bonds. The molecule has 0 fully saturated rings. The highest BCUT2D eigenvalue weighted by Crippen LogP contribution is 2.30. The van der Waals surface area contributed by atoms with E-state index in [4.69, 9.17) is 10.5 Å². The second kappa shape index (κ2) is 4.68. The second-order valence-corrected chi connectivity index (χ2v) is 5.30. The molecule has 98 valence electrons. The van der Waals surface area contributed by atoms with Gasteiger partial charge in [-0.15, -0.1) is 11.3 Å². The summed E-state index contributed by atoms with van der Waals surface area (Å²) in [5.41, 5.74) is 9.03. The molecule has 0 aliphatic heterocycles. The van der Waals surface area contributed by atoms with Crippen LogP contribution in [-0.4, -0.2) is 9.38 Å². The molecular formula is C14H15N3OS. The van der Waals surface area contributed by atoms with Crippen LogP contribution in [0.3, 0.4) is 0 Å². The first kappa shape index (κ1) is 12.2. The monoisotopic (exact) mass is 273 g/mol. The largest absolute Gasteiger partial charge is 0.437 e. The SMILES string of the molecule is Cc1cccc(Oc2nc3sccn3c2CN)c1C. The second-order valence-electron chi connectivity index (χ2n) is 4.42. The van der Waals surface area contributed by atoms with Crippen molar-refractivity contribution in [3.05, 3.63) is 46.6 Å². The number of aryl methyl sites for hydroxylation is 1. The number of thiazole rings is 1. The Labute approximate surface area is 115 Å². The van der Waals surface area contributed by atoms with Crippen LogP contribution in [0.25, 0.3) is 4.96 Å². The van der Waals surface area contributed by atoms with E-state index in [0.29, 0.717) is 12.4 Å². The minimum atomic E-state index is 0.401. The van der Waals surface area contributed by atoms with Crippen molar-refractivity contribution >= 4 is 16.3 Å². The van der Waals surface area contributed by atoms with Gasteiger partial charge in [-0.25, -0.2) is 0 Å². The van der Waals surface area contributed by atoms with Crippen LogP contribution < -0.4 is 10.5 Å². The Bertz CT molecular complexity index is 729. The van der Waals surface area contributed by atoms with E-state index in [-0.39, 0.29) is 0 Å². The van der Waals surface area contributed by atoms with Gasteiger partial charge in [0.05, 0.1) is 0 Å². The van der Waals surface area contributed by atoms with Gasteiger partial charge in [-0.05, 0) is 31.0 Å². The van der Waals surface area contributed by atoms with Gasteiger partial charge >= 0.3 is 0 Å². The Morgan fingerprint density at radius 3 is 3.00 bits per heavy atom. The summed E-state index contributed by atoms with van der Waals surface area (Å²) in [6, 6.07) is 6.01. The topological polar surface area (TPSA) is 52.5 Å². The van der Waals surface area contributed by atoms with Gasteiger partial charge in [0, 0.05) is 18.1 Å². The van der Waals surface area contributed by atoms with Crippen molar-refractivity contribution < 1.29 is 4.74 Å². The number of benzene rings is 1. The van der Waals surface area contributed by atoms with Gasteiger partial charge in [0.15, 0.2) is 4.96 Å². The van der Waals surface area contributed by atoms with E-state index in [0.717, 1.165) is 22.0 Å². The van der Waals surface area contributed by atoms with Gasteiger partial charge in [-0.2, -0.15) is 4.98 Å². The number of hydrogen-bond acceptors (Lipinski definition) is 4. The molecule has 0 bridgehead atoms. The predicted molar refractivity (Wildman–Crippen MR) is 77.0 cm³/mol. The number of nitrogens with zero attached hydrogens (tertiary/aromatic N) is 2. The summed E-state index contributed by atoms with van der Waals surface area (Å²) in [4.78, 5) is 5.39. The average Bonchev–Trinajstić information content (AvgIpc) is 2.95. The molecule has 0 saturated heterocycles. The summed E-state index contributed by atoms with van der Waals surface area (Å²) in [5.74, 6) is 1.43. The summed E-state index contributed by atoms with van der Waals surface area (Å²) in [7, 11) is 0. The third-order valence-corrected chi connectivity index (χ3v) is 4.04. The molecule has 19 heavy (non-hydrogen) atoms. The molecule has 0 saturated carbocycles. The highest BCUT2D eigenvalue weighted by molar-refractivity contribution is 7.15. The molecule has 0 aliphatic rings. The van der Waals surface area contributed by atoms with E-state index in [9.17, 15) is 0 Å². The minimum absolute atomic E-state index is 0.401. The molecule has 0 atom stereocenters. The Kier molecular flexibility index (Phi) is 3.00. The smallest absolute Gasteiger partial charge is 0.243 e. The minimum Gasteiger partial charge on any atom is -0.437 e. The maximum Gasteiger partial charge on any atom is 0.243 e. The fourth-order valence-electron chi connectivity index (χ4n) is 2.02. The summed E-state index contributed by atoms with van der Waals surface area (Å²) in [6.07, 6.45) is 1.96.